The molecule has 3 rings (SSSR count). The number of hydrogen-bond acceptors (Lipinski definition) is 4. The minimum atomic E-state index is -0.423. The van der Waals surface area contributed by atoms with Gasteiger partial charge >= 0.3 is 6.09 Å². The molecule has 0 amide bonds. The van der Waals surface area contributed by atoms with Crippen molar-refractivity contribution in [2.45, 2.75) is 6.92 Å². The molecule has 2 aromatic heterocycles. The van der Waals surface area contributed by atoms with Crippen LogP contribution < -0.4 is 0 Å². The molecular formula is C13H12ClN3O2. The lowest BCUT2D eigenvalue weighted by atomic mass is 10.1. The molecule has 0 saturated carbocycles. The van der Waals surface area contributed by atoms with Crippen LogP contribution in [0.3, 0.4) is 0 Å². The molecule has 0 saturated heterocycles. The molecule has 6 heteroatoms. The molecule has 98 valence electrons. The second-order valence-electron chi connectivity index (χ2n) is 3.89. The molecule has 0 aliphatic rings. The van der Waals surface area contributed by atoms with Crippen LogP contribution in [0.15, 0.2) is 37.1 Å². The molecule has 0 spiro atoms. The molecule has 0 bridgehead atoms. The first kappa shape index (κ1) is 13.3. The number of ether oxygens (including phenoxy) is 1. The molecule has 0 N–H and O–H groups in total. The first-order valence-electron chi connectivity index (χ1n) is 5.67. The van der Waals surface area contributed by atoms with Crippen LogP contribution >= 0.6 is 12.4 Å². The topological polar surface area (TPSA) is 57.0 Å². The van der Waals surface area contributed by atoms with Crippen molar-refractivity contribution < 1.29 is 9.53 Å². The highest BCUT2D eigenvalue weighted by atomic mass is 35.5. The zero-order valence-electron chi connectivity index (χ0n) is 10.2. The summed E-state index contributed by atoms with van der Waals surface area (Å²) >= 11 is 0. The van der Waals surface area contributed by atoms with Crippen LogP contribution in [-0.2, 0) is 4.74 Å². The van der Waals surface area contributed by atoms with Crippen LogP contribution in [0.25, 0.3) is 21.7 Å². The summed E-state index contributed by atoms with van der Waals surface area (Å²) in [5.41, 5.74) is 0.838. The number of hydrogen-bond donors (Lipinski definition) is 0. The minimum Gasteiger partial charge on any atom is -0.449 e. The van der Waals surface area contributed by atoms with Crippen molar-refractivity contribution in [2.24, 2.45) is 0 Å². The Morgan fingerprint density at radius 2 is 2.11 bits per heavy atom. The van der Waals surface area contributed by atoms with Crippen LogP contribution in [0.1, 0.15) is 6.92 Å². The van der Waals surface area contributed by atoms with Crippen molar-refractivity contribution >= 4 is 40.2 Å². The molecule has 0 radical (unpaired) electrons. The summed E-state index contributed by atoms with van der Waals surface area (Å²) in [6, 6.07) is 3.88. The van der Waals surface area contributed by atoms with Crippen LogP contribution in [-0.4, -0.2) is 27.2 Å². The van der Waals surface area contributed by atoms with E-state index in [1.54, 1.807) is 25.5 Å². The average Bonchev–Trinajstić information content (AvgIpc) is 2.87. The summed E-state index contributed by atoms with van der Waals surface area (Å²) in [4.78, 5) is 20.0. The van der Waals surface area contributed by atoms with Gasteiger partial charge in [0.25, 0.3) is 0 Å². The molecule has 5 nitrogen and oxygen atoms in total. The maximum atomic E-state index is 11.6. The Labute approximate surface area is 115 Å². The fraction of sp³-hybridized carbons (Fsp3) is 0.154. The normalized spacial score (nSPS) is 10.4. The van der Waals surface area contributed by atoms with Gasteiger partial charge in [-0.05, 0) is 6.92 Å². The van der Waals surface area contributed by atoms with Gasteiger partial charge in [0.15, 0.2) is 0 Å². The summed E-state index contributed by atoms with van der Waals surface area (Å²) in [5.74, 6) is 0. The lowest BCUT2D eigenvalue weighted by Crippen LogP contribution is -2.13. The zero-order valence-corrected chi connectivity index (χ0v) is 11.1. The number of nitrogens with zero attached hydrogens (tertiary/aromatic N) is 3. The van der Waals surface area contributed by atoms with Crippen LogP contribution in [0.5, 0.6) is 0 Å². The maximum Gasteiger partial charge on any atom is 0.419 e. The molecule has 0 unspecified atom stereocenters. The van der Waals surface area contributed by atoms with Crippen LogP contribution in [0, 0.1) is 0 Å². The average molecular weight is 278 g/mol. The van der Waals surface area contributed by atoms with E-state index in [9.17, 15) is 4.79 Å². The van der Waals surface area contributed by atoms with Crippen LogP contribution in [0.4, 0.5) is 4.79 Å². The van der Waals surface area contributed by atoms with E-state index in [-0.39, 0.29) is 12.4 Å². The van der Waals surface area contributed by atoms with Gasteiger partial charge in [0.05, 0.1) is 12.1 Å². The van der Waals surface area contributed by atoms with Crippen molar-refractivity contribution in [3.05, 3.63) is 37.1 Å². The van der Waals surface area contributed by atoms with Crippen LogP contribution in [0.2, 0.25) is 0 Å². The minimum absolute atomic E-state index is 0. The van der Waals surface area contributed by atoms with Gasteiger partial charge in [0.1, 0.15) is 6.33 Å². The zero-order chi connectivity index (χ0) is 12.5. The van der Waals surface area contributed by atoms with Crippen molar-refractivity contribution in [2.75, 3.05) is 6.61 Å². The number of rotatable bonds is 1. The fourth-order valence-electron chi connectivity index (χ4n) is 1.93. The molecule has 0 fully saturated rings. The van der Waals surface area contributed by atoms with E-state index < -0.39 is 6.09 Å². The summed E-state index contributed by atoms with van der Waals surface area (Å²) in [5, 5.41) is 2.92. The molecule has 0 atom stereocenters. The highest BCUT2D eigenvalue weighted by molar-refractivity contribution is 6.04. The lowest BCUT2D eigenvalue weighted by molar-refractivity contribution is 0.153. The molecule has 0 aliphatic heterocycles. The molecule has 2 heterocycles. The Hall–Kier alpha value is -2.14. The van der Waals surface area contributed by atoms with Gasteiger partial charge in [-0.3, -0.25) is 4.98 Å². The maximum absolute atomic E-state index is 11.6. The van der Waals surface area contributed by atoms with Crippen molar-refractivity contribution in [3.63, 3.8) is 0 Å². The smallest absolute Gasteiger partial charge is 0.419 e. The molecule has 3 aromatic rings. The third-order valence-electron chi connectivity index (χ3n) is 2.77. The predicted molar refractivity (Wildman–Crippen MR) is 74.7 cm³/mol. The van der Waals surface area contributed by atoms with E-state index in [1.807, 2.05) is 12.1 Å². The highest BCUT2D eigenvalue weighted by Gasteiger charge is 2.07. The quantitative estimate of drug-likeness (QED) is 0.686. The van der Waals surface area contributed by atoms with E-state index in [0.29, 0.717) is 6.61 Å². The van der Waals surface area contributed by atoms with E-state index in [2.05, 4.69) is 9.97 Å². The first-order valence-corrected chi connectivity index (χ1v) is 5.67. The van der Waals surface area contributed by atoms with Gasteiger partial charge in [-0.25, -0.2) is 14.3 Å². The first-order chi connectivity index (χ1) is 8.79. The van der Waals surface area contributed by atoms with E-state index in [4.69, 9.17) is 4.74 Å². The Morgan fingerprint density at radius 3 is 2.89 bits per heavy atom. The van der Waals surface area contributed by atoms with Gasteiger partial charge in [0.2, 0.25) is 0 Å². The fourth-order valence-corrected chi connectivity index (χ4v) is 1.93. The van der Waals surface area contributed by atoms with Gasteiger partial charge < -0.3 is 4.74 Å². The molecule has 19 heavy (non-hydrogen) atoms. The number of aromatic nitrogens is 3. The van der Waals surface area contributed by atoms with Crippen molar-refractivity contribution in [3.8, 4) is 0 Å². The predicted octanol–water partition coefficient (Wildman–Crippen LogP) is 3.01. The van der Waals surface area contributed by atoms with Gasteiger partial charge in [-0.1, -0.05) is 12.1 Å². The van der Waals surface area contributed by atoms with E-state index in [1.165, 1.54) is 10.9 Å². The highest BCUT2D eigenvalue weighted by Crippen LogP contribution is 2.22. The lowest BCUT2D eigenvalue weighted by Gasteiger charge is -2.06. The Balaban J connectivity index is 0.00000133. The van der Waals surface area contributed by atoms with Gasteiger partial charge in [-0.2, -0.15) is 0 Å². The molecular weight excluding hydrogens is 266 g/mol. The molecule has 0 aliphatic carbocycles. The SMILES string of the molecule is CCOC(=O)n1cnc2c(ccc3cncc32)c1.Cl. The standard InChI is InChI=1S/C13H11N3O2.ClH/c1-2-18-13(17)16-7-10-4-3-9-5-14-6-11(9)12(10)15-8-16;/h3-8H,2H2,1H3;1H. The number of benzene rings is 1. The van der Waals surface area contributed by atoms with Gasteiger partial charge in [-0.15, -0.1) is 12.4 Å². The second-order valence-corrected chi connectivity index (χ2v) is 3.89. The summed E-state index contributed by atoms with van der Waals surface area (Å²) in [6.45, 7) is 2.11. The Morgan fingerprint density at radius 1 is 1.32 bits per heavy atom. The largest absolute Gasteiger partial charge is 0.449 e. The second kappa shape index (κ2) is 5.24. The molecule has 1 aromatic carbocycles. The Kier molecular flexibility index (Phi) is 3.66. The van der Waals surface area contributed by atoms with Crippen molar-refractivity contribution in [1.82, 2.24) is 14.5 Å². The number of fused-ring (bicyclic) bond motifs is 3. The number of carbonyl (C=O) groups excluding carboxylic acids is 1. The summed E-state index contributed by atoms with van der Waals surface area (Å²) in [7, 11) is 0. The van der Waals surface area contributed by atoms with Gasteiger partial charge in [0, 0.05) is 34.7 Å². The third kappa shape index (κ3) is 2.24. The number of halogens is 1. The third-order valence-corrected chi connectivity index (χ3v) is 2.77. The summed E-state index contributed by atoms with van der Waals surface area (Å²) in [6.07, 6.45) is 6.33. The van der Waals surface area contributed by atoms with E-state index in [0.717, 1.165) is 21.7 Å². The van der Waals surface area contributed by atoms with E-state index >= 15 is 0 Å². The van der Waals surface area contributed by atoms with Crippen molar-refractivity contribution in [1.29, 1.82) is 0 Å². The monoisotopic (exact) mass is 277 g/mol. The summed E-state index contributed by atoms with van der Waals surface area (Å²) < 4.78 is 6.26. The Bertz CT molecular complexity index is 739. The number of carbonyl (C=O) groups is 1.